The topological polar surface area (TPSA) is 56.7 Å². The van der Waals surface area contributed by atoms with Crippen molar-refractivity contribution in [3.8, 4) is 0 Å². The normalized spacial score (nSPS) is 14.8. The van der Waals surface area contributed by atoms with Gasteiger partial charge in [-0.25, -0.2) is 4.39 Å². The van der Waals surface area contributed by atoms with Crippen molar-refractivity contribution in [1.29, 1.82) is 0 Å². The third-order valence-corrected chi connectivity index (χ3v) is 4.48. The first kappa shape index (κ1) is 13.6. The predicted octanol–water partition coefficient (Wildman–Crippen LogP) is 2.81. The molecule has 3 rings (SSSR count). The quantitative estimate of drug-likeness (QED) is 0.861. The molecule has 0 unspecified atom stereocenters. The number of thioether (sulfide) groups is 1. The van der Waals surface area contributed by atoms with E-state index in [-0.39, 0.29) is 5.82 Å². The van der Waals surface area contributed by atoms with Crippen LogP contribution in [0.4, 0.5) is 4.39 Å². The van der Waals surface area contributed by atoms with Crippen molar-refractivity contribution in [1.82, 2.24) is 14.8 Å². The summed E-state index contributed by atoms with van der Waals surface area (Å²) >= 11 is 1.64. The molecule has 0 radical (unpaired) electrons. The van der Waals surface area contributed by atoms with Gasteiger partial charge in [-0.3, -0.25) is 0 Å². The summed E-state index contributed by atoms with van der Waals surface area (Å²) in [6, 6.07) is 5.41. The predicted molar refractivity (Wildman–Crippen MR) is 76.9 cm³/mol. The van der Waals surface area contributed by atoms with Crippen LogP contribution in [0, 0.1) is 12.7 Å². The van der Waals surface area contributed by atoms with E-state index in [9.17, 15) is 4.39 Å². The average molecular weight is 292 g/mol. The molecule has 1 saturated carbocycles. The molecular formula is C14H17FN4S. The van der Waals surface area contributed by atoms with Crippen molar-refractivity contribution in [2.24, 2.45) is 5.73 Å². The number of hydrogen-bond donors (Lipinski definition) is 1. The van der Waals surface area contributed by atoms with Crippen molar-refractivity contribution in [2.45, 2.75) is 43.3 Å². The van der Waals surface area contributed by atoms with Crippen molar-refractivity contribution >= 4 is 11.8 Å². The number of aromatic nitrogens is 3. The lowest BCUT2D eigenvalue weighted by atomic mass is 10.1. The van der Waals surface area contributed by atoms with Crippen LogP contribution in [0.15, 0.2) is 23.4 Å². The molecule has 6 heteroatoms. The van der Waals surface area contributed by atoms with Crippen LogP contribution >= 0.6 is 11.8 Å². The zero-order valence-corrected chi connectivity index (χ0v) is 12.2. The maximum Gasteiger partial charge on any atom is 0.191 e. The summed E-state index contributed by atoms with van der Waals surface area (Å²) < 4.78 is 15.2. The lowest BCUT2D eigenvalue weighted by Gasteiger charge is -2.08. The molecule has 1 aliphatic rings. The number of halogens is 1. The summed E-state index contributed by atoms with van der Waals surface area (Å²) in [5.74, 6) is 1.43. The molecule has 0 atom stereocenters. The van der Waals surface area contributed by atoms with Gasteiger partial charge in [-0.05, 0) is 43.0 Å². The highest BCUT2D eigenvalue weighted by molar-refractivity contribution is 7.98. The van der Waals surface area contributed by atoms with Gasteiger partial charge in [-0.1, -0.05) is 17.8 Å². The Morgan fingerprint density at radius 1 is 1.40 bits per heavy atom. The highest BCUT2D eigenvalue weighted by atomic mass is 32.2. The monoisotopic (exact) mass is 292 g/mol. The van der Waals surface area contributed by atoms with E-state index in [1.807, 2.05) is 13.0 Å². The molecular weight excluding hydrogens is 275 g/mol. The van der Waals surface area contributed by atoms with Gasteiger partial charge in [0.2, 0.25) is 0 Å². The van der Waals surface area contributed by atoms with Gasteiger partial charge >= 0.3 is 0 Å². The van der Waals surface area contributed by atoms with E-state index in [0.29, 0.717) is 12.6 Å². The second-order valence-corrected chi connectivity index (χ2v) is 6.01. The molecule has 20 heavy (non-hydrogen) atoms. The van der Waals surface area contributed by atoms with Gasteiger partial charge in [0.25, 0.3) is 0 Å². The second kappa shape index (κ2) is 5.54. The van der Waals surface area contributed by atoms with Gasteiger partial charge in [-0.2, -0.15) is 0 Å². The van der Waals surface area contributed by atoms with Crippen LogP contribution in [-0.2, 0) is 12.3 Å². The lowest BCUT2D eigenvalue weighted by Crippen LogP contribution is -2.08. The molecule has 1 aromatic heterocycles. The Kier molecular flexibility index (Phi) is 3.76. The van der Waals surface area contributed by atoms with Gasteiger partial charge in [0.05, 0.1) is 6.54 Å². The van der Waals surface area contributed by atoms with Gasteiger partial charge in [-0.15, -0.1) is 10.2 Å². The largest absolute Gasteiger partial charge is 0.324 e. The van der Waals surface area contributed by atoms with Crippen molar-refractivity contribution in [3.05, 3.63) is 41.0 Å². The summed E-state index contributed by atoms with van der Waals surface area (Å²) in [6.07, 6.45) is 2.35. The molecule has 0 aliphatic heterocycles. The fourth-order valence-corrected chi connectivity index (χ4v) is 3.31. The van der Waals surface area contributed by atoms with Crippen LogP contribution in [0.2, 0.25) is 0 Å². The standard InChI is InChI=1S/C14H17FN4S/c1-9-6-11(15)3-2-10(9)8-20-14-18-17-13(7-16)19(14)12-4-5-12/h2-3,6,12H,4-5,7-8,16H2,1H3. The third-order valence-electron chi connectivity index (χ3n) is 3.49. The first-order valence-corrected chi connectivity index (χ1v) is 7.69. The van der Waals surface area contributed by atoms with Crippen LogP contribution in [0.1, 0.15) is 35.8 Å². The minimum atomic E-state index is -0.192. The molecule has 1 heterocycles. The number of nitrogens with two attached hydrogens (primary N) is 1. The molecule has 2 N–H and O–H groups in total. The number of rotatable bonds is 5. The van der Waals surface area contributed by atoms with Crippen LogP contribution in [-0.4, -0.2) is 14.8 Å². The lowest BCUT2D eigenvalue weighted by molar-refractivity contribution is 0.625. The van der Waals surface area contributed by atoms with Gasteiger partial charge in [0.1, 0.15) is 11.6 Å². The fourth-order valence-electron chi connectivity index (χ4n) is 2.21. The van der Waals surface area contributed by atoms with E-state index in [1.165, 1.54) is 18.9 Å². The summed E-state index contributed by atoms with van der Waals surface area (Å²) in [5.41, 5.74) is 7.79. The van der Waals surface area contributed by atoms with E-state index >= 15 is 0 Å². The van der Waals surface area contributed by atoms with Gasteiger partial charge in [0.15, 0.2) is 5.16 Å². The molecule has 106 valence electrons. The van der Waals surface area contributed by atoms with E-state index in [1.54, 1.807) is 17.8 Å². The Hall–Kier alpha value is -1.40. The van der Waals surface area contributed by atoms with Crippen LogP contribution in [0.3, 0.4) is 0 Å². The average Bonchev–Trinajstić information content (AvgIpc) is 3.18. The summed E-state index contributed by atoms with van der Waals surface area (Å²) in [6.45, 7) is 2.34. The maximum atomic E-state index is 13.1. The van der Waals surface area contributed by atoms with E-state index < -0.39 is 0 Å². The molecule has 1 aromatic carbocycles. The summed E-state index contributed by atoms with van der Waals surface area (Å²) in [7, 11) is 0. The summed E-state index contributed by atoms with van der Waals surface area (Å²) in [5, 5.41) is 9.30. The molecule has 1 aliphatic carbocycles. The second-order valence-electron chi connectivity index (χ2n) is 5.06. The Bertz CT molecular complexity index is 622. The van der Waals surface area contributed by atoms with Crippen molar-refractivity contribution in [3.63, 3.8) is 0 Å². The first-order valence-electron chi connectivity index (χ1n) is 6.70. The van der Waals surface area contributed by atoms with Crippen LogP contribution < -0.4 is 5.73 Å². The number of hydrogen-bond acceptors (Lipinski definition) is 4. The zero-order valence-electron chi connectivity index (χ0n) is 11.3. The number of benzene rings is 1. The zero-order chi connectivity index (χ0) is 14.1. The van der Waals surface area contributed by atoms with Crippen LogP contribution in [0.25, 0.3) is 0 Å². The molecule has 0 saturated heterocycles. The highest BCUT2D eigenvalue weighted by Crippen LogP contribution is 2.39. The Morgan fingerprint density at radius 3 is 2.85 bits per heavy atom. The van der Waals surface area contributed by atoms with Gasteiger partial charge < -0.3 is 10.3 Å². The highest BCUT2D eigenvalue weighted by Gasteiger charge is 2.29. The third kappa shape index (κ3) is 2.71. The Balaban J connectivity index is 1.76. The fraction of sp³-hybridized carbons (Fsp3) is 0.429. The Morgan fingerprint density at radius 2 is 2.20 bits per heavy atom. The summed E-state index contributed by atoms with van der Waals surface area (Å²) in [4.78, 5) is 0. The molecule has 0 amide bonds. The smallest absolute Gasteiger partial charge is 0.191 e. The van der Waals surface area contributed by atoms with Crippen molar-refractivity contribution < 1.29 is 4.39 Å². The molecule has 0 bridgehead atoms. The van der Waals surface area contributed by atoms with E-state index in [2.05, 4.69) is 14.8 Å². The number of aryl methyl sites for hydroxylation is 1. The molecule has 4 nitrogen and oxygen atoms in total. The molecule has 2 aromatic rings. The number of nitrogens with zero attached hydrogens (tertiary/aromatic N) is 3. The Labute approximate surface area is 121 Å². The van der Waals surface area contributed by atoms with E-state index in [0.717, 1.165) is 27.9 Å². The minimum Gasteiger partial charge on any atom is -0.324 e. The maximum absolute atomic E-state index is 13.1. The minimum absolute atomic E-state index is 0.192. The molecule has 0 spiro atoms. The van der Waals surface area contributed by atoms with E-state index in [4.69, 9.17) is 5.73 Å². The molecule has 1 fully saturated rings. The van der Waals surface area contributed by atoms with Crippen LogP contribution in [0.5, 0.6) is 0 Å². The van der Waals surface area contributed by atoms with Crippen molar-refractivity contribution in [2.75, 3.05) is 0 Å². The van der Waals surface area contributed by atoms with Gasteiger partial charge in [0, 0.05) is 11.8 Å². The first-order chi connectivity index (χ1) is 9.69. The SMILES string of the molecule is Cc1cc(F)ccc1CSc1nnc(CN)n1C1CC1.